The fraction of sp³-hybridized carbons (Fsp3) is 0.436. The number of nitrogens with one attached hydrogen (secondary N) is 2. The Labute approximate surface area is 509 Å². The van der Waals surface area contributed by atoms with Crippen LogP contribution in [0, 0.1) is 0 Å². The number of carbonyl (C=O) groups is 1. The summed E-state index contributed by atoms with van der Waals surface area (Å²) in [6, 6.07) is 16.6. The van der Waals surface area contributed by atoms with E-state index >= 15 is 0 Å². The van der Waals surface area contributed by atoms with Crippen LogP contribution >= 0.6 is 54.0 Å². The van der Waals surface area contributed by atoms with Gasteiger partial charge in [-0.15, -0.1) is 0 Å². The van der Waals surface area contributed by atoms with Crippen molar-refractivity contribution in [3.63, 3.8) is 0 Å². The zero-order chi connectivity index (χ0) is 56.4. The van der Waals surface area contributed by atoms with Crippen LogP contribution in [0.4, 0.5) is 65.5 Å². The van der Waals surface area contributed by atoms with Crippen molar-refractivity contribution in [1.29, 1.82) is 0 Å². The number of nitrogens with zero attached hydrogens (tertiary/aromatic N) is 9. The summed E-state index contributed by atoms with van der Waals surface area (Å²) in [6.45, 7) is 12.4. The molecule has 4 bridgehead atoms. The van der Waals surface area contributed by atoms with E-state index in [0.29, 0.717) is 84.3 Å². The lowest BCUT2D eigenvalue weighted by atomic mass is 10.0. The monoisotopic (exact) mass is 1250 g/mol. The molecule has 10 heterocycles. The number of amides is 2. The molecule has 6 aromatic rings. The Morgan fingerprint density at radius 1 is 0.679 bits per heavy atom. The number of nitrogens with two attached hydrogens (primary N) is 1. The summed E-state index contributed by atoms with van der Waals surface area (Å²) >= 11 is 0. The van der Waals surface area contributed by atoms with E-state index in [-0.39, 0.29) is 90.2 Å². The van der Waals surface area contributed by atoms with Gasteiger partial charge in [0.2, 0.25) is 11.8 Å². The minimum absolute atomic E-state index is 0. The van der Waals surface area contributed by atoms with Gasteiger partial charge in [0.15, 0.2) is 34.9 Å². The number of pyridine rings is 2. The summed E-state index contributed by atoms with van der Waals surface area (Å²) < 4.78 is 112. The predicted octanol–water partition coefficient (Wildman–Crippen LogP) is 10.3. The number of nitrogen functional groups attached to an aromatic ring is 1. The topological polar surface area (TPSA) is 210 Å². The molecular weight excluding hydrogens is 1180 g/mol. The normalized spacial score (nSPS) is 20.3. The average Bonchev–Trinajstić information content (AvgIpc) is 4.12. The smallest absolute Gasteiger partial charge is 0.416 e. The Kier molecular flexibility index (Phi) is 22.2. The average molecular weight is 1250 g/mol. The van der Waals surface area contributed by atoms with Gasteiger partial charge in [-0.2, -0.15) is 80.3 Å². The molecular formula is C55H68F6N12O7S4. The molecule has 6 aliphatic heterocycles. The van der Waals surface area contributed by atoms with Crippen molar-refractivity contribution in [3.8, 4) is 34.5 Å². The Hall–Kier alpha value is -6.21. The third kappa shape index (κ3) is 16.6. The number of fused-ring (bicyclic) bond motifs is 8. The lowest BCUT2D eigenvalue weighted by Crippen LogP contribution is -2.56. The van der Waals surface area contributed by atoms with Crippen LogP contribution in [0.25, 0.3) is 22.8 Å². The Morgan fingerprint density at radius 2 is 1.21 bits per heavy atom. The van der Waals surface area contributed by atoms with Gasteiger partial charge in [0.25, 0.3) is 0 Å². The molecule has 0 unspecified atom stereocenters. The molecule has 0 radical (unpaired) electrons. The molecule has 84 heavy (non-hydrogen) atoms. The highest BCUT2D eigenvalue weighted by Gasteiger charge is 2.40. The van der Waals surface area contributed by atoms with Gasteiger partial charge >= 0.3 is 18.4 Å². The summed E-state index contributed by atoms with van der Waals surface area (Å²) in [7, 11) is 0. The number of rotatable bonds is 9. The maximum absolute atomic E-state index is 13.6. The van der Waals surface area contributed by atoms with Crippen molar-refractivity contribution in [3.05, 3.63) is 109 Å². The molecule has 4 aromatic heterocycles. The summed E-state index contributed by atoms with van der Waals surface area (Å²) in [5, 5.41) is 6.24. The Morgan fingerprint density at radius 3 is 1.74 bits per heavy atom. The van der Waals surface area contributed by atoms with Crippen LogP contribution < -0.4 is 40.5 Å². The third-order valence-corrected chi connectivity index (χ3v) is 13.8. The van der Waals surface area contributed by atoms with E-state index in [1.165, 1.54) is 24.4 Å². The second kappa shape index (κ2) is 27.9. The number of halogens is 6. The van der Waals surface area contributed by atoms with Crippen molar-refractivity contribution in [2.75, 3.05) is 83.7 Å². The molecule has 0 saturated carbocycles. The second-order valence-electron chi connectivity index (χ2n) is 20.8. The van der Waals surface area contributed by atoms with Crippen LogP contribution in [0.3, 0.4) is 0 Å². The van der Waals surface area contributed by atoms with Crippen LogP contribution in [0.5, 0.6) is 11.8 Å². The van der Waals surface area contributed by atoms with Crippen molar-refractivity contribution in [2.24, 2.45) is 0 Å². The molecule has 19 nitrogen and oxygen atoms in total. The quantitative estimate of drug-likeness (QED) is 0.115. The highest BCUT2D eigenvalue weighted by atomic mass is 32.1. The van der Waals surface area contributed by atoms with E-state index in [1.807, 2.05) is 27.7 Å². The molecule has 4 fully saturated rings. The number of ether oxygens (including phenoxy) is 6. The number of anilines is 6. The van der Waals surface area contributed by atoms with Crippen LogP contribution in [0.15, 0.2) is 97.6 Å². The number of piperidine rings is 2. The summed E-state index contributed by atoms with van der Waals surface area (Å²) in [6.07, 6.45) is 1.06. The Bertz CT molecular complexity index is 3160. The first kappa shape index (κ1) is 66.9. The van der Waals surface area contributed by atoms with E-state index in [4.69, 9.17) is 34.2 Å². The van der Waals surface area contributed by atoms with Gasteiger partial charge < -0.3 is 54.6 Å². The SMILES string of the molecule is CC1(C)OC[C@H](COc2ccc(N)cn2)O1.CC1(C)OC[C@H](COc2ccc(NC(=O)N3c4nc(-c5cccc(C(F)(F)F)c5)ncc4N4CCC[C@H]3C4)cn2)O1.FC(F)(F)c1cccc(-c2ncc3c(n2)N[C@H]2CCCN3C2)c1.S.S.S.S. The first-order valence-corrected chi connectivity index (χ1v) is 26.1. The van der Waals surface area contributed by atoms with Gasteiger partial charge in [0.05, 0.1) is 77.9 Å². The van der Waals surface area contributed by atoms with Gasteiger partial charge in [-0.3, -0.25) is 4.90 Å². The van der Waals surface area contributed by atoms with Crippen molar-refractivity contribution in [1.82, 2.24) is 29.9 Å². The molecule has 29 heteroatoms. The van der Waals surface area contributed by atoms with E-state index < -0.39 is 41.1 Å². The molecule has 12 rings (SSSR count). The molecule has 2 amide bonds. The zero-order valence-electron chi connectivity index (χ0n) is 46.3. The van der Waals surface area contributed by atoms with Crippen molar-refractivity contribution in [2.45, 2.75) is 102 Å². The second-order valence-corrected chi connectivity index (χ2v) is 20.8. The first-order chi connectivity index (χ1) is 38.1. The van der Waals surface area contributed by atoms with E-state index in [9.17, 15) is 31.1 Å². The van der Waals surface area contributed by atoms with E-state index in [2.05, 4.69) is 50.3 Å². The molecule has 4 atom stereocenters. The lowest BCUT2D eigenvalue weighted by Gasteiger charge is -2.45. The van der Waals surface area contributed by atoms with Gasteiger partial charge in [0, 0.05) is 55.5 Å². The predicted molar refractivity (Wildman–Crippen MR) is 326 cm³/mol. The van der Waals surface area contributed by atoms with E-state index in [0.717, 1.165) is 75.3 Å². The summed E-state index contributed by atoms with van der Waals surface area (Å²) in [5.74, 6) is 1.25. The number of urea groups is 1. The van der Waals surface area contributed by atoms with Gasteiger partial charge in [-0.05, 0) is 89.8 Å². The molecule has 2 aromatic carbocycles. The van der Waals surface area contributed by atoms with Crippen LogP contribution in [0.2, 0.25) is 0 Å². The highest BCUT2D eigenvalue weighted by molar-refractivity contribution is 7.59. The lowest BCUT2D eigenvalue weighted by molar-refractivity contribution is -0.142. The standard InChI is InChI=1S/C28H29F3N6O4.C16H15F3N4.C11H16N2O3.4H2S/c1-27(2)40-16-21(41-27)15-39-23-9-8-19(12-32-23)34-26(38)37-20-7-4-10-36(14-20)22-13-33-24(35-25(22)37)17-5-3-6-18(11-17)28(29,30)31;17-16(18,19)11-4-1-3-10(7-11)14-20-8-13-15(22-14)21-12-5-2-6-23(13)9-12;1-11(2)15-7-9(16-11)6-14-10-4-3-8(12)5-13-10;;;;/h3,5-6,8-9,11-13,20-21H,4,7,10,14-16H2,1-2H3,(H,34,38);1,3-4,7-8,12H,2,5-6,9H2,(H,20,21,22);3-5,9H,6-7,12H2,1-2H3;4*1H2/t20-,21-;12-;9-;;;;/m000..../s1. The number of alkyl halides is 6. The molecule has 456 valence electrons. The molecule has 4 N–H and O–H groups in total. The minimum Gasteiger partial charge on any atom is -0.475 e. The largest absolute Gasteiger partial charge is 0.475 e. The zero-order valence-corrected chi connectivity index (χ0v) is 50.3. The molecule has 0 aliphatic carbocycles. The fourth-order valence-corrected chi connectivity index (χ4v) is 10.0. The maximum Gasteiger partial charge on any atom is 0.416 e. The summed E-state index contributed by atoms with van der Waals surface area (Å²) in [4.78, 5) is 45.5. The third-order valence-electron chi connectivity index (χ3n) is 13.8. The number of carbonyl (C=O) groups excluding carboxylic acids is 1. The van der Waals surface area contributed by atoms with Crippen LogP contribution in [-0.2, 0) is 31.3 Å². The molecule has 0 spiro atoms. The minimum atomic E-state index is -4.50. The van der Waals surface area contributed by atoms with Gasteiger partial charge in [-0.1, -0.05) is 24.3 Å². The number of hydrogen-bond acceptors (Lipinski definition) is 17. The Balaban J connectivity index is 0.000000222. The van der Waals surface area contributed by atoms with Gasteiger partial charge in [0.1, 0.15) is 25.4 Å². The first-order valence-electron chi connectivity index (χ1n) is 26.1. The molecule has 6 aliphatic rings. The number of aromatic nitrogens is 6. The maximum atomic E-state index is 13.6. The summed E-state index contributed by atoms with van der Waals surface area (Å²) in [5.41, 5.74) is 7.28. The molecule has 4 saturated heterocycles. The van der Waals surface area contributed by atoms with Crippen molar-refractivity contribution >= 4 is 94.4 Å². The van der Waals surface area contributed by atoms with Crippen molar-refractivity contribution < 1.29 is 59.6 Å². The van der Waals surface area contributed by atoms with Gasteiger partial charge in [-0.25, -0.2) is 34.7 Å². The number of benzene rings is 2. The fourth-order valence-electron chi connectivity index (χ4n) is 10.0. The van der Waals surface area contributed by atoms with E-state index in [1.54, 1.807) is 53.8 Å². The highest BCUT2D eigenvalue weighted by Crippen LogP contribution is 2.41. The number of hydrogen-bond donors (Lipinski definition) is 3. The van der Waals surface area contributed by atoms with Crippen LogP contribution in [-0.4, -0.2) is 124 Å². The van der Waals surface area contributed by atoms with Crippen LogP contribution in [0.1, 0.15) is 64.5 Å².